The third-order valence-corrected chi connectivity index (χ3v) is 2.63. The van der Waals surface area contributed by atoms with Gasteiger partial charge < -0.3 is 15.2 Å². The smallest absolute Gasteiger partial charge is 0.176 e. The van der Waals surface area contributed by atoms with Crippen LogP contribution in [0.2, 0.25) is 0 Å². The highest BCUT2D eigenvalue weighted by Gasteiger charge is 2.21. The van der Waals surface area contributed by atoms with E-state index in [1.165, 1.54) is 19.1 Å². The highest BCUT2D eigenvalue weighted by Crippen LogP contribution is 2.36. The van der Waals surface area contributed by atoms with Crippen molar-refractivity contribution in [1.82, 2.24) is 0 Å². The number of Topliss-reactive ketones (excluding diaryl/α,β-unsaturated/α-hetero) is 1. The number of nitrogens with two attached hydrogens (primary N) is 1. The van der Waals surface area contributed by atoms with E-state index in [1.807, 2.05) is 0 Å². The van der Waals surface area contributed by atoms with Gasteiger partial charge in [-0.05, 0) is 19.1 Å². The van der Waals surface area contributed by atoms with E-state index in [1.54, 1.807) is 0 Å². The summed E-state index contributed by atoms with van der Waals surface area (Å²) in [6.07, 6.45) is -1.25. The lowest BCUT2D eigenvalue weighted by Crippen LogP contribution is -2.19. The third-order valence-electron chi connectivity index (χ3n) is 2.63. The fourth-order valence-electron chi connectivity index (χ4n) is 1.79. The first-order valence-electron chi connectivity index (χ1n) is 5.44. The molecule has 1 aromatic carbocycles. The van der Waals surface area contributed by atoms with E-state index in [0.29, 0.717) is 30.3 Å². The van der Waals surface area contributed by atoms with E-state index in [-0.39, 0.29) is 17.9 Å². The zero-order chi connectivity index (χ0) is 12.4. The molecule has 4 nitrogen and oxygen atoms in total. The maximum absolute atomic E-state index is 13.5. The van der Waals surface area contributed by atoms with Crippen LogP contribution in [0, 0.1) is 0 Å². The van der Waals surface area contributed by atoms with Gasteiger partial charge in [0.2, 0.25) is 0 Å². The van der Waals surface area contributed by atoms with Crippen molar-refractivity contribution in [3.8, 4) is 11.5 Å². The van der Waals surface area contributed by atoms with Crippen molar-refractivity contribution >= 4 is 5.78 Å². The molecule has 0 aromatic heterocycles. The van der Waals surface area contributed by atoms with Crippen molar-refractivity contribution in [2.45, 2.75) is 13.1 Å². The van der Waals surface area contributed by atoms with Crippen LogP contribution in [-0.2, 0) is 0 Å². The lowest BCUT2D eigenvalue weighted by molar-refractivity contribution is 0.0997. The van der Waals surface area contributed by atoms with Crippen LogP contribution in [0.5, 0.6) is 11.5 Å². The summed E-state index contributed by atoms with van der Waals surface area (Å²) >= 11 is 0. The molecule has 0 amide bonds. The second-order valence-electron chi connectivity index (χ2n) is 3.83. The Labute approximate surface area is 98.5 Å². The van der Waals surface area contributed by atoms with E-state index >= 15 is 0 Å². The first-order chi connectivity index (χ1) is 8.13. The molecule has 92 valence electrons. The van der Waals surface area contributed by atoms with Gasteiger partial charge in [-0.3, -0.25) is 4.79 Å². The Morgan fingerprint density at radius 1 is 1.41 bits per heavy atom. The van der Waals surface area contributed by atoms with Gasteiger partial charge in [0.1, 0.15) is 19.4 Å². The minimum absolute atomic E-state index is 0.153. The standard InChI is InChI=1S/C12H14FNO3/c1-7(13)8-4-11-12(17-3-2-16-11)5-9(8)10(15)6-14/h4-5,7H,2-3,6,14H2,1H3. The Morgan fingerprint density at radius 3 is 2.53 bits per heavy atom. The largest absolute Gasteiger partial charge is 0.486 e. The molecule has 0 spiro atoms. The Hall–Kier alpha value is -1.62. The number of hydrogen-bond donors (Lipinski definition) is 1. The minimum Gasteiger partial charge on any atom is -0.486 e. The number of ether oxygens (including phenoxy) is 2. The van der Waals surface area contributed by atoms with Crippen molar-refractivity contribution in [2.24, 2.45) is 5.73 Å². The number of benzene rings is 1. The van der Waals surface area contributed by atoms with Crippen molar-refractivity contribution in [1.29, 1.82) is 0 Å². The number of fused-ring (bicyclic) bond motifs is 1. The number of alkyl halides is 1. The maximum Gasteiger partial charge on any atom is 0.176 e. The summed E-state index contributed by atoms with van der Waals surface area (Å²) in [7, 11) is 0. The fourth-order valence-corrected chi connectivity index (χ4v) is 1.79. The summed E-state index contributed by atoms with van der Waals surface area (Å²) in [6, 6.07) is 3.02. The Balaban J connectivity index is 2.52. The van der Waals surface area contributed by atoms with Gasteiger partial charge in [0.05, 0.1) is 6.54 Å². The van der Waals surface area contributed by atoms with Crippen LogP contribution in [0.3, 0.4) is 0 Å². The number of ketones is 1. The van der Waals surface area contributed by atoms with Gasteiger partial charge in [-0.2, -0.15) is 0 Å². The highest BCUT2D eigenvalue weighted by atomic mass is 19.1. The predicted octanol–water partition coefficient (Wildman–Crippen LogP) is 1.63. The number of rotatable bonds is 3. The number of carbonyl (C=O) groups excluding carboxylic acids is 1. The molecule has 2 rings (SSSR count). The Bertz CT molecular complexity index is 446. The fraction of sp³-hybridized carbons (Fsp3) is 0.417. The molecule has 1 heterocycles. The second-order valence-corrected chi connectivity index (χ2v) is 3.83. The highest BCUT2D eigenvalue weighted by molar-refractivity contribution is 5.99. The van der Waals surface area contributed by atoms with Crippen LogP contribution in [0.15, 0.2) is 12.1 Å². The van der Waals surface area contributed by atoms with E-state index in [0.717, 1.165) is 0 Å². The minimum atomic E-state index is -1.25. The van der Waals surface area contributed by atoms with Crippen molar-refractivity contribution < 1.29 is 18.7 Å². The summed E-state index contributed by atoms with van der Waals surface area (Å²) in [5.41, 5.74) is 5.87. The topological polar surface area (TPSA) is 61.6 Å². The van der Waals surface area contributed by atoms with E-state index in [2.05, 4.69) is 0 Å². The molecule has 2 N–H and O–H groups in total. The lowest BCUT2D eigenvalue weighted by Gasteiger charge is -2.21. The normalized spacial score (nSPS) is 15.5. The molecule has 1 unspecified atom stereocenters. The summed E-state index contributed by atoms with van der Waals surface area (Å²) in [4.78, 5) is 11.6. The zero-order valence-corrected chi connectivity index (χ0v) is 9.53. The molecular formula is C12H14FNO3. The third kappa shape index (κ3) is 2.24. The maximum atomic E-state index is 13.5. The monoisotopic (exact) mass is 239 g/mol. The van der Waals surface area contributed by atoms with E-state index < -0.39 is 6.17 Å². The molecule has 1 aliphatic rings. The summed E-state index contributed by atoms with van der Waals surface area (Å²) < 4.78 is 24.2. The molecule has 1 aliphatic heterocycles. The average Bonchev–Trinajstić information content (AvgIpc) is 2.36. The van der Waals surface area contributed by atoms with Gasteiger partial charge in [-0.15, -0.1) is 0 Å². The Morgan fingerprint density at radius 2 is 2.00 bits per heavy atom. The molecule has 0 radical (unpaired) electrons. The van der Waals surface area contributed by atoms with Crippen molar-refractivity contribution in [3.63, 3.8) is 0 Å². The number of hydrogen-bond acceptors (Lipinski definition) is 4. The average molecular weight is 239 g/mol. The molecule has 0 saturated heterocycles. The first-order valence-corrected chi connectivity index (χ1v) is 5.44. The predicted molar refractivity (Wildman–Crippen MR) is 60.3 cm³/mol. The van der Waals surface area contributed by atoms with Gasteiger partial charge in [0.25, 0.3) is 0 Å². The molecule has 1 atom stereocenters. The van der Waals surface area contributed by atoms with Gasteiger partial charge >= 0.3 is 0 Å². The molecule has 0 aliphatic carbocycles. The Kier molecular flexibility index (Phi) is 3.28. The molecule has 0 bridgehead atoms. The summed E-state index contributed by atoms with van der Waals surface area (Å²) in [5.74, 6) is 0.642. The van der Waals surface area contributed by atoms with Gasteiger partial charge in [0.15, 0.2) is 17.3 Å². The van der Waals surface area contributed by atoms with Crippen LogP contribution >= 0.6 is 0 Å². The second kappa shape index (κ2) is 4.71. The summed E-state index contributed by atoms with van der Waals surface area (Å²) in [6.45, 7) is 2.07. The number of halogens is 1. The summed E-state index contributed by atoms with van der Waals surface area (Å²) in [5, 5.41) is 0. The van der Waals surface area contributed by atoms with E-state index in [4.69, 9.17) is 15.2 Å². The van der Waals surface area contributed by atoms with Crippen molar-refractivity contribution in [2.75, 3.05) is 19.8 Å². The zero-order valence-electron chi connectivity index (χ0n) is 9.53. The molecule has 5 heteroatoms. The molecule has 17 heavy (non-hydrogen) atoms. The SMILES string of the molecule is CC(F)c1cc2c(cc1C(=O)CN)OCCO2. The van der Waals surface area contributed by atoms with Crippen LogP contribution in [0.1, 0.15) is 29.0 Å². The molecular weight excluding hydrogens is 225 g/mol. The van der Waals surface area contributed by atoms with Gasteiger partial charge in [-0.25, -0.2) is 4.39 Å². The van der Waals surface area contributed by atoms with Crippen LogP contribution in [-0.4, -0.2) is 25.5 Å². The quantitative estimate of drug-likeness (QED) is 0.814. The van der Waals surface area contributed by atoms with E-state index in [9.17, 15) is 9.18 Å². The van der Waals surface area contributed by atoms with Crippen LogP contribution in [0.25, 0.3) is 0 Å². The van der Waals surface area contributed by atoms with Crippen LogP contribution in [0.4, 0.5) is 4.39 Å². The molecule has 0 fully saturated rings. The van der Waals surface area contributed by atoms with Crippen LogP contribution < -0.4 is 15.2 Å². The molecule has 1 aromatic rings. The first kappa shape index (κ1) is 11.9. The van der Waals surface area contributed by atoms with Gasteiger partial charge in [-0.1, -0.05) is 0 Å². The van der Waals surface area contributed by atoms with Crippen molar-refractivity contribution in [3.05, 3.63) is 23.3 Å². The number of carbonyl (C=O) groups is 1. The molecule has 0 saturated carbocycles. The van der Waals surface area contributed by atoms with Gasteiger partial charge in [0, 0.05) is 11.1 Å². The lowest BCUT2D eigenvalue weighted by atomic mass is 9.99.